The van der Waals surface area contributed by atoms with Gasteiger partial charge in [0.2, 0.25) is 0 Å². The highest BCUT2D eigenvalue weighted by atomic mass is 127. The molecule has 0 radical (unpaired) electrons. The monoisotopic (exact) mass is 542 g/mol. The molecule has 2 heterocycles. The first-order valence-corrected chi connectivity index (χ1v) is 11.2. The van der Waals surface area contributed by atoms with E-state index in [0.29, 0.717) is 13.1 Å². The molecule has 1 spiro atoms. The Morgan fingerprint density at radius 3 is 2.47 bits per heavy atom. The number of aromatic nitrogens is 3. The first kappa shape index (κ1) is 22.8. The van der Waals surface area contributed by atoms with Crippen molar-refractivity contribution < 1.29 is 0 Å². The average Bonchev–Trinajstić information content (AvgIpc) is 3.50. The number of hydrogen-bond donors (Lipinski definition) is 1. The molecule has 1 saturated carbocycles. The second kappa shape index (κ2) is 9.60. The smallest absolute Gasteiger partial charge is 0.199 e. The molecule has 1 fully saturated rings. The van der Waals surface area contributed by atoms with Gasteiger partial charge in [0, 0.05) is 24.7 Å². The Morgan fingerprint density at radius 1 is 1.03 bits per heavy atom. The third-order valence-corrected chi connectivity index (χ3v) is 6.88. The summed E-state index contributed by atoms with van der Waals surface area (Å²) < 4.78 is 2.03. The van der Waals surface area contributed by atoms with Crippen LogP contribution in [0.4, 0.5) is 5.69 Å². The van der Waals surface area contributed by atoms with E-state index in [-0.39, 0.29) is 29.4 Å². The van der Waals surface area contributed by atoms with Gasteiger partial charge in [-0.05, 0) is 37.0 Å². The van der Waals surface area contributed by atoms with Gasteiger partial charge in [0.25, 0.3) is 0 Å². The number of benzene rings is 2. The summed E-state index contributed by atoms with van der Waals surface area (Å²) >= 11 is 0. The second-order valence-electron chi connectivity index (χ2n) is 8.79. The molecule has 1 N–H and O–H groups in total. The van der Waals surface area contributed by atoms with Crippen LogP contribution >= 0.6 is 24.0 Å². The molecule has 0 atom stereocenters. The molecule has 0 amide bonds. The van der Waals surface area contributed by atoms with Crippen LogP contribution in [0.2, 0.25) is 0 Å². The van der Waals surface area contributed by atoms with Crippen molar-refractivity contribution in [2.75, 3.05) is 11.4 Å². The molecule has 2 aliphatic rings. The molecule has 5 rings (SSSR count). The summed E-state index contributed by atoms with van der Waals surface area (Å²) in [6.07, 6.45) is 5.14. The van der Waals surface area contributed by atoms with E-state index in [2.05, 4.69) is 68.9 Å². The van der Waals surface area contributed by atoms with Gasteiger partial charge in [0.15, 0.2) is 11.8 Å². The lowest BCUT2D eigenvalue weighted by Crippen LogP contribution is -2.43. The fourth-order valence-electron chi connectivity index (χ4n) is 5.05. The Hall–Kier alpha value is -2.42. The van der Waals surface area contributed by atoms with Crippen LogP contribution in [0.15, 0.2) is 59.6 Å². The molecule has 32 heavy (non-hydrogen) atoms. The number of halogens is 1. The predicted molar refractivity (Wildman–Crippen MR) is 140 cm³/mol. The minimum Gasteiger partial charge on any atom is -0.349 e. The molecule has 0 saturated heterocycles. The molecule has 3 aromatic rings. The summed E-state index contributed by atoms with van der Waals surface area (Å²) in [4.78, 5) is 7.45. The van der Waals surface area contributed by atoms with E-state index < -0.39 is 0 Å². The van der Waals surface area contributed by atoms with E-state index in [1.807, 2.05) is 24.6 Å². The van der Waals surface area contributed by atoms with E-state index in [4.69, 9.17) is 4.99 Å². The zero-order chi connectivity index (χ0) is 21.3. The van der Waals surface area contributed by atoms with Gasteiger partial charge in [-0.15, -0.1) is 34.2 Å². The van der Waals surface area contributed by atoms with E-state index in [0.717, 1.165) is 24.2 Å². The van der Waals surface area contributed by atoms with Crippen molar-refractivity contribution in [1.82, 2.24) is 20.1 Å². The maximum Gasteiger partial charge on any atom is 0.199 e. The molecule has 1 aliphatic heterocycles. The number of hydrogen-bond acceptors (Lipinski definition) is 3. The van der Waals surface area contributed by atoms with Crippen LogP contribution in [0.1, 0.15) is 48.5 Å². The van der Waals surface area contributed by atoms with Crippen molar-refractivity contribution >= 4 is 35.6 Å². The van der Waals surface area contributed by atoms with Crippen LogP contribution in [-0.2, 0) is 25.6 Å². The zero-order valence-corrected chi connectivity index (χ0v) is 21.1. The van der Waals surface area contributed by atoms with Crippen molar-refractivity contribution in [3.8, 4) is 0 Å². The Kier molecular flexibility index (Phi) is 6.83. The summed E-state index contributed by atoms with van der Waals surface area (Å²) in [7, 11) is 2.01. The fourth-order valence-corrected chi connectivity index (χ4v) is 5.05. The van der Waals surface area contributed by atoms with Gasteiger partial charge >= 0.3 is 0 Å². The molecular formula is C25H31IN6. The topological polar surface area (TPSA) is 58.3 Å². The summed E-state index contributed by atoms with van der Waals surface area (Å²) in [6, 6.07) is 19.3. The minimum atomic E-state index is 0. The lowest BCUT2D eigenvalue weighted by Gasteiger charge is -2.27. The largest absolute Gasteiger partial charge is 0.349 e. The maximum absolute atomic E-state index is 5.05. The standard InChI is InChI=1S/C25H30N6.HI/c1-19-28-29-23(30(19)2)17-27-24(26-16-20-10-4-3-5-11-20)31-18-25(14-8-9-15-25)21-12-6-7-13-22(21)31;/h3-7,10-13H,8-9,14-18H2,1-2H3,(H,26,27);1H. The number of aryl methyl sites for hydroxylation is 1. The van der Waals surface area contributed by atoms with E-state index >= 15 is 0 Å². The lowest BCUT2D eigenvalue weighted by atomic mass is 9.81. The van der Waals surface area contributed by atoms with E-state index in [9.17, 15) is 0 Å². The van der Waals surface area contributed by atoms with Crippen molar-refractivity contribution in [3.05, 3.63) is 77.4 Å². The Morgan fingerprint density at radius 2 is 1.75 bits per heavy atom. The third kappa shape index (κ3) is 4.27. The predicted octanol–water partition coefficient (Wildman–Crippen LogP) is 4.72. The molecule has 168 valence electrons. The van der Waals surface area contributed by atoms with Crippen LogP contribution in [0.25, 0.3) is 0 Å². The fraction of sp³-hybridized carbons (Fsp3) is 0.400. The quantitative estimate of drug-likeness (QED) is 0.295. The number of anilines is 1. The highest BCUT2D eigenvalue weighted by Gasteiger charge is 2.45. The van der Waals surface area contributed by atoms with Crippen molar-refractivity contribution in [2.24, 2.45) is 12.0 Å². The maximum atomic E-state index is 5.05. The third-order valence-electron chi connectivity index (χ3n) is 6.88. The molecule has 1 aliphatic carbocycles. The van der Waals surface area contributed by atoms with Crippen LogP contribution in [0.3, 0.4) is 0 Å². The van der Waals surface area contributed by atoms with Gasteiger partial charge in [0.05, 0.1) is 13.1 Å². The van der Waals surface area contributed by atoms with Crippen LogP contribution in [0, 0.1) is 6.92 Å². The van der Waals surface area contributed by atoms with E-state index in [1.165, 1.54) is 42.5 Å². The number of nitrogens with one attached hydrogen (secondary N) is 1. The highest BCUT2D eigenvalue weighted by Crippen LogP contribution is 2.50. The molecule has 0 bridgehead atoms. The van der Waals surface area contributed by atoms with Gasteiger partial charge in [-0.1, -0.05) is 61.4 Å². The molecule has 7 heteroatoms. The van der Waals surface area contributed by atoms with Gasteiger partial charge in [-0.3, -0.25) is 0 Å². The van der Waals surface area contributed by atoms with E-state index in [1.54, 1.807) is 0 Å². The molecule has 6 nitrogen and oxygen atoms in total. The summed E-state index contributed by atoms with van der Waals surface area (Å²) in [5.74, 6) is 2.74. The van der Waals surface area contributed by atoms with Gasteiger partial charge < -0.3 is 14.8 Å². The molecule has 0 unspecified atom stereocenters. The van der Waals surface area contributed by atoms with Crippen LogP contribution < -0.4 is 10.2 Å². The van der Waals surface area contributed by atoms with Gasteiger partial charge in [-0.2, -0.15) is 0 Å². The molecular weight excluding hydrogens is 511 g/mol. The number of aliphatic imine (C=N–C) groups is 1. The Bertz CT molecular complexity index is 1080. The molecule has 2 aromatic carbocycles. The van der Waals surface area contributed by atoms with Crippen LogP contribution in [-0.4, -0.2) is 27.3 Å². The van der Waals surface area contributed by atoms with Crippen molar-refractivity contribution in [1.29, 1.82) is 0 Å². The normalized spacial score (nSPS) is 16.8. The Balaban J connectivity index is 0.00000245. The summed E-state index contributed by atoms with van der Waals surface area (Å²) in [5.41, 5.74) is 4.24. The average molecular weight is 542 g/mol. The number of rotatable bonds is 4. The Labute approximate surface area is 207 Å². The molecule has 1 aromatic heterocycles. The SMILES string of the molecule is Cc1nnc(CNC(=NCc2ccccc2)N2CC3(CCCC3)c3ccccc32)n1C.I. The first-order valence-electron chi connectivity index (χ1n) is 11.2. The number of nitrogens with zero attached hydrogens (tertiary/aromatic N) is 5. The first-order chi connectivity index (χ1) is 15.2. The van der Waals surface area contributed by atoms with Crippen LogP contribution in [0.5, 0.6) is 0 Å². The number of fused-ring (bicyclic) bond motifs is 2. The second-order valence-corrected chi connectivity index (χ2v) is 8.79. The minimum absolute atomic E-state index is 0. The number of guanidine groups is 1. The summed E-state index contributed by atoms with van der Waals surface area (Å²) in [5, 5.41) is 12.1. The van der Waals surface area contributed by atoms with Gasteiger partial charge in [0.1, 0.15) is 5.82 Å². The number of para-hydroxylation sites is 1. The lowest BCUT2D eigenvalue weighted by molar-refractivity contribution is 0.478. The highest BCUT2D eigenvalue weighted by molar-refractivity contribution is 14.0. The zero-order valence-electron chi connectivity index (χ0n) is 18.8. The van der Waals surface area contributed by atoms with Crippen molar-refractivity contribution in [3.63, 3.8) is 0 Å². The van der Waals surface area contributed by atoms with Gasteiger partial charge in [-0.25, -0.2) is 4.99 Å². The van der Waals surface area contributed by atoms with Crippen molar-refractivity contribution in [2.45, 2.75) is 51.1 Å². The summed E-state index contributed by atoms with van der Waals surface area (Å²) in [6.45, 7) is 4.20.